The number of rotatable bonds is 4. The highest BCUT2D eigenvalue weighted by atomic mass is 35.5. The van der Waals surface area contributed by atoms with Gasteiger partial charge in [0.1, 0.15) is 0 Å². The van der Waals surface area contributed by atoms with Gasteiger partial charge in [0.05, 0.1) is 11.8 Å². The lowest BCUT2D eigenvalue weighted by molar-refractivity contribution is -0.116. The highest BCUT2D eigenvalue weighted by Gasteiger charge is 2.15. The first kappa shape index (κ1) is 13.6. The minimum absolute atomic E-state index is 0.148. The normalized spacial score (nSPS) is 19.1. The Kier molecular flexibility index (Phi) is 4.05. The Bertz CT molecular complexity index is 643. The smallest absolute Gasteiger partial charge is 0.244 e. The van der Waals surface area contributed by atoms with Crippen molar-refractivity contribution < 1.29 is 9.53 Å². The highest BCUT2D eigenvalue weighted by Crippen LogP contribution is 2.22. The summed E-state index contributed by atoms with van der Waals surface area (Å²) in [5, 5.41) is 5.15. The van der Waals surface area contributed by atoms with Crippen molar-refractivity contribution in [2.45, 2.75) is 18.9 Å². The number of halogens is 1. The molecule has 3 rings (SSSR count). The summed E-state index contributed by atoms with van der Waals surface area (Å²) in [5.74, 6) is -0.151. The maximum Gasteiger partial charge on any atom is 0.244 e. The van der Waals surface area contributed by atoms with Gasteiger partial charge in [-0.15, -0.1) is 11.3 Å². The summed E-state index contributed by atoms with van der Waals surface area (Å²) >= 11 is 7.54. The summed E-state index contributed by atoms with van der Waals surface area (Å²) in [6.07, 6.45) is 7.26. The summed E-state index contributed by atoms with van der Waals surface area (Å²) in [4.78, 5) is 16.8. The molecule has 1 aliphatic rings. The maximum atomic E-state index is 11.8. The molecule has 1 amide bonds. The van der Waals surface area contributed by atoms with Gasteiger partial charge in [-0.05, 0) is 18.9 Å². The van der Waals surface area contributed by atoms with E-state index in [-0.39, 0.29) is 12.0 Å². The minimum Gasteiger partial charge on any atom is -0.376 e. The van der Waals surface area contributed by atoms with Crippen molar-refractivity contribution in [2.24, 2.45) is 0 Å². The number of imidazole rings is 1. The van der Waals surface area contributed by atoms with Crippen LogP contribution in [-0.4, -0.2) is 34.5 Å². The number of hydrogen-bond acceptors (Lipinski definition) is 4. The summed E-state index contributed by atoms with van der Waals surface area (Å²) in [5.41, 5.74) is 0.718. The van der Waals surface area contributed by atoms with E-state index in [0.29, 0.717) is 11.7 Å². The fourth-order valence-corrected chi connectivity index (χ4v) is 3.16. The van der Waals surface area contributed by atoms with Crippen molar-refractivity contribution in [1.82, 2.24) is 14.7 Å². The van der Waals surface area contributed by atoms with Gasteiger partial charge in [0.25, 0.3) is 0 Å². The fraction of sp³-hybridized carbons (Fsp3) is 0.385. The molecule has 1 saturated heterocycles. The quantitative estimate of drug-likeness (QED) is 0.882. The number of carbonyl (C=O) groups excluding carboxylic acids is 1. The van der Waals surface area contributed by atoms with Crippen molar-refractivity contribution in [3.8, 4) is 0 Å². The number of fused-ring (bicyclic) bond motifs is 1. The lowest BCUT2D eigenvalue weighted by Crippen LogP contribution is -2.30. The maximum absolute atomic E-state index is 11.8. The predicted molar refractivity (Wildman–Crippen MR) is 79.1 cm³/mol. The lowest BCUT2D eigenvalue weighted by atomic mass is 10.2. The molecular weight excluding hydrogens is 298 g/mol. The number of aromatic nitrogens is 2. The van der Waals surface area contributed by atoms with Gasteiger partial charge in [-0.2, -0.15) is 0 Å². The average Bonchev–Trinajstić information content (AvgIpc) is 3.11. The monoisotopic (exact) mass is 311 g/mol. The Morgan fingerprint density at radius 1 is 1.70 bits per heavy atom. The van der Waals surface area contributed by atoms with Crippen molar-refractivity contribution >= 4 is 39.9 Å². The molecule has 5 nitrogen and oxygen atoms in total. The van der Waals surface area contributed by atoms with Crippen LogP contribution in [0.25, 0.3) is 11.0 Å². The van der Waals surface area contributed by atoms with Gasteiger partial charge < -0.3 is 10.1 Å². The Hall–Kier alpha value is -1.37. The molecule has 1 fully saturated rings. The third kappa shape index (κ3) is 2.87. The van der Waals surface area contributed by atoms with E-state index in [0.717, 1.165) is 30.1 Å². The van der Waals surface area contributed by atoms with Gasteiger partial charge in [0, 0.05) is 30.8 Å². The number of thiazole rings is 1. The molecule has 1 N–H and O–H groups in total. The van der Waals surface area contributed by atoms with E-state index in [2.05, 4.69) is 10.3 Å². The van der Waals surface area contributed by atoms with Crippen LogP contribution in [0.2, 0.25) is 5.15 Å². The largest absolute Gasteiger partial charge is 0.376 e. The molecule has 2 aromatic rings. The SMILES string of the molecule is O=C(/C=C\c1c(Cl)nc2sccn12)NC[C@H]1CCCO1. The summed E-state index contributed by atoms with van der Waals surface area (Å²) in [6, 6.07) is 0. The Balaban J connectivity index is 1.62. The first-order chi connectivity index (χ1) is 9.74. The zero-order valence-corrected chi connectivity index (χ0v) is 12.3. The second-order valence-electron chi connectivity index (χ2n) is 4.56. The molecule has 0 aliphatic carbocycles. The van der Waals surface area contributed by atoms with Crippen LogP contribution in [0.4, 0.5) is 0 Å². The van der Waals surface area contributed by atoms with Gasteiger partial charge in [0.15, 0.2) is 10.1 Å². The van der Waals surface area contributed by atoms with Crippen LogP contribution in [0.5, 0.6) is 0 Å². The molecule has 1 atom stereocenters. The van der Waals surface area contributed by atoms with E-state index >= 15 is 0 Å². The second-order valence-corrected chi connectivity index (χ2v) is 5.79. The topological polar surface area (TPSA) is 55.6 Å². The first-order valence-electron chi connectivity index (χ1n) is 6.42. The van der Waals surface area contributed by atoms with E-state index in [1.165, 1.54) is 17.4 Å². The Morgan fingerprint density at radius 3 is 3.40 bits per heavy atom. The molecule has 106 valence electrons. The fourth-order valence-electron chi connectivity index (χ4n) is 2.16. The van der Waals surface area contributed by atoms with Crippen LogP contribution in [0.3, 0.4) is 0 Å². The third-order valence-electron chi connectivity index (χ3n) is 3.17. The molecule has 0 bridgehead atoms. The van der Waals surface area contributed by atoms with Gasteiger partial charge in [-0.25, -0.2) is 4.98 Å². The zero-order valence-electron chi connectivity index (χ0n) is 10.7. The second kappa shape index (κ2) is 5.95. The molecular formula is C13H14ClN3O2S. The van der Waals surface area contributed by atoms with Crippen molar-refractivity contribution in [3.05, 3.63) is 28.5 Å². The van der Waals surface area contributed by atoms with E-state index in [1.807, 2.05) is 16.0 Å². The van der Waals surface area contributed by atoms with E-state index in [4.69, 9.17) is 16.3 Å². The average molecular weight is 312 g/mol. The molecule has 7 heteroatoms. The van der Waals surface area contributed by atoms with Gasteiger partial charge in [-0.3, -0.25) is 9.20 Å². The highest BCUT2D eigenvalue weighted by molar-refractivity contribution is 7.15. The predicted octanol–water partition coefficient (Wildman–Crippen LogP) is 2.36. The van der Waals surface area contributed by atoms with E-state index in [1.54, 1.807) is 6.08 Å². The minimum atomic E-state index is -0.151. The Morgan fingerprint density at radius 2 is 2.60 bits per heavy atom. The van der Waals surface area contributed by atoms with Crippen molar-refractivity contribution in [2.75, 3.05) is 13.2 Å². The van der Waals surface area contributed by atoms with Gasteiger partial charge in [0.2, 0.25) is 5.91 Å². The van der Waals surface area contributed by atoms with Crippen LogP contribution < -0.4 is 5.32 Å². The number of carbonyl (C=O) groups is 1. The van der Waals surface area contributed by atoms with E-state index < -0.39 is 0 Å². The van der Waals surface area contributed by atoms with Gasteiger partial charge >= 0.3 is 0 Å². The van der Waals surface area contributed by atoms with E-state index in [9.17, 15) is 4.79 Å². The van der Waals surface area contributed by atoms with Crippen LogP contribution in [0.1, 0.15) is 18.5 Å². The molecule has 0 aromatic carbocycles. The van der Waals surface area contributed by atoms with Crippen LogP contribution >= 0.6 is 22.9 Å². The summed E-state index contributed by atoms with van der Waals surface area (Å²) < 4.78 is 7.31. The van der Waals surface area contributed by atoms with Crippen LogP contribution in [0, 0.1) is 0 Å². The summed E-state index contributed by atoms with van der Waals surface area (Å²) in [6.45, 7) is 1.34. The molecule has 3 heterocycles. The number of nitrogens with one attached hydrogen (secondary N) is 1. The van der Waals surface area contributed by atoms with Crippen molar-refractivity contribution in [3.63, 3.8) is 0 Å². The zero-order chi connectivity index (χ0) is 13.9. The van der Waals surface area contributed by atoms with Crippen LogP contribution in [0.15, 0.2) is 17.7 Å². The van der Waals surface area contributed by atoms with Crippen molar-refractivity contribution in [1.29, 1.82) is 0 Å². The molecule has 1 aliphatic heterocycles. The number of hydrogen-bond donors (Lipinski definition) is 1. The van der Waals surface area contributed by atoms with Crippen LogP contribution in [-0.2, 0) is 9.53 Å². The number of amides is 1. The molecule has 0 spiro atoms. The Labute approximate surface area is 125 Å². The standard InChI is InChI=1S/C13H14ClN3O2S/c14-12-10(17-5-7-20-13(17)16-12)3-4-11(18)15-8-9-2-1-6-19-9/h3-5,7,9H,1-2,6,8H2,(H,15,18)/b4-3-/t9-/m1/s1. The third-order valence-corrected chi connectivity index (χ3v) is 4.21. The molecule has 0 unspecified atom stereocenters. The number of ether oxygens (including phenoxy) is 1. The summed E-state index contributed by atoms with van der Waals surface area (Å²) in [7, 11) is 0. The molecule has 2 aromatic heterocycles. The first-order valence-corrected chi connectivity index (χ1v) is 7.68. The van der Waals surface area contributed by atoms with Gasteiger partial charge in [-0.1, -0.05) is 11.6 Å². The number of nitrogens with zero attached hydrogens (tertiary/aromatic N) is 2. The molecule has 0 saturated carbocycles. The molecule has 0 radical (unpaired) electrons. The molecule has 20 heavy (non-hydrogen) atoms. The lowest BCUT2D eigenvalue weighted by Gasteiger charge is -2.08.